The summed E-state index contributed by atoms with van der Waals surface area (Å²) in [5.41, 5.74) is 1.99. The number of benzene rings is 3. The van der Waals surface area contributed by atoms with E-state index >= 15 is 0 Å². The Balaban J connectivity index is 1.59. The van der Waals surface area contributed by atoms with E-state index in [0.29, 0.717) is 34.4 Å². The Bertz CT molecular complexity index is 1220. The zero-order valence-electron chi connectivity index (χ0n) is 18.7. The minimum atomic E-state index is -3.94. The summed E-state index contributed by atoms with van der Waals surface area (Å²) in [6, 6.07) is 20.0. The predicted octanol–water partition coefficient (Wildman–Crippen LogP) is 5.53. The summed E-state index contributed by atoms with van der Waals surface area (Å²) in [6.07, 6.45) is 0.687. The monoisotopic (exact) mass is 564 g/mol. The van der Waals surface area contributed by atoms with Gasteiger partial charge in [0.15, 0.2) is 0 Å². The normalized spacial score (nSPS) is 11.3. The molecule has 0 unspecified atom stereocenters. The van der Waals surface area contributed by atoms with Gasteiger partial charge in [0.2, 0.25) is 5.91 Å². The van der Waals surface area contributed by atoms with Gasteiger partial charge in [0.05, 0.1) is 10.6 Å². The van der Waals surface area contributed by atoms with Gasteiger partial charge in [-0.1, -0.05) is 57.9 Å². The number of carbonyl (C=O) groups excluding carboxylic acids is 1. The third-order valence-electron chi connectivity index (χ3n) is 5.00. The quantitative estimate of drug-likeness (QED) is 0.311. The van der Waals surface area contributed by atoms with Crippen LogP contribution >= 0.6 is 27.7 Å². The molecular weight excluding hydrogens is 539 g/mol. The fraction of sp³-hybridized carbons (Fsp3) is 0.240. The second-order valence-corrected chi connectivity index (χ2v) is 11.5. The van der Waals surface area contributed by atoms with Crippen molar-refractivity contribution in [3.8, 4) is 0 Å². The van der Waals surface area contributed by atoms with Crippen molar-refractivity contribution in [2.45, 2.75) is 24.0 Å². The molecule has 0 aliphatic rings. The number of sulfonamides is 1. The van der Waals surface area contributed by atoms with Crippen molar-refractivity contribution in [2.75, 3.05) is 23.1 Å². The first-order valence-electron chi connectivity index (χ1n) is 10.7. The fourth-order valence-electron chi connectivity index (χ4n) is 3.17. The molecule has 180 valence electrons. The lowest BCUT2D eigenvalue weighted by molar-refractivity contribution is -0.119. The lowest BCUT2D eigenvalue weighted by Gasteiger charge is -2.24. The molecular formula is C25H26BrFN2O3S2. The molecule has 0 aliphatic carbocycles. The second-order valence-electron chi connectivity index (χ2n) is 7.65. The molecule has 34 heavy (non-hydrogen) atoms. The molecule has 0 spiro atoms. The molecule has 5 nitrogen and oxygen atoms in total. The van der Waals surface area contributed by atoms with Crippen LogP contribution in [0, 0.1) is 12.7 Å². The third kappa shape index (κ3) is 7.32. The van der Waals surface area contributed by atoms with Crippen LogP contribution in [-0.4, -0.2) is 33.2 Å². The van der Waals surface area contributed by atoms with Gasteiger partial charge in [-0.25, -0.2) is 12.8 Å². The maximum Gasteiger partial charge on any atom is 0.264 e. The zero-order chi connectivity index (χ0) is 24.6. The van der Waals surface area contributed by atoms with Gasteiger partial charge >= 0.3 is 0 Å². The van der Waals surface area contributed by atoms with E-state index in [9.17, 15) is 17.6 Å². The highest BCUT2D eigenvalue weighted by Gasteiger charge is 2.27. The lowest BCUT2D eigenvalue weighted by atomic mass is 10.2. The van der Waals surface area contributed by atoms with Crippen molar-refractivity contribution < 1.29 is 17.6 Å². The van der Waals surface area contributed by atoms with E-state index in [4.69, 9.17) is 0 Å². The van der Waals surface area contributed by atoms with Gasteiger partial charge in [-0.15, -0.1) is 0 Å². The Morgan fingerprint density at radius 3 is 2.50 bits per heavy atom. The Hall–Kier alpha value is -2.36. The molecule has 3 aromatic rings. The second kappa shape index (κ2) is 12.4. The molecule has 3 aromatic carbocycles. The van der Waals surface area contributed by atoms with E-state index in [1.54, 1.807) is 78.5 Å². The number of thioether (sulfide) groups is 1. The van der Waals surface area contributed by atoms with Crippen LogP contribution in [0.3, 0.4) is 0 Å². The summed E-state index contributed by atoms with van der Waals surface area (Å²) >= 11 is 4.95. The van der Waals surface area contributed by atoms with Gasteiger partial charge in [-0.05, 0) is 61.1 Å². The molecule has 0 saturated heterocycles. The Kier molecular flexibility index (Phi) is 9.55. The first-order chi connectivity index (χ1) is 16.3. The average Bonchev–Trinajstić information content (AvgIpc) is 2.81. The largest absolute Gasteiger partial charge is 0.354 e. The van der Waals surface area contributed by atoms with E-state index < -0.39 is 15.9 Å². The smallest absolute Gasteiger partial charge is 0.264 e. The number of rotatable bonds is 11. The Morgan fingerprint density at radius 1 is 1.06 bits per heavy atom. The van der Waals surface area contributed by atoms with E-state index in [1.807, 2.05) is 6.92 Å². The molecule has 0 heterocycles. The van der Waals surface area contributed by atoms with Crippen LogP contribution in [0.1, 0.15) is 17.5 Å². The minimum Gasteiger partial charge on any atom is -0.354 e. The van der Waals surface area contributed by atoms with Crippen LogP contribution in [0.4, 0.5) is 10.1 Å². The molecule has 1 N–H and O–H groups in total. The number of carbonyl (C=O) groups is 1. The topological polar surface area (TPSA) is 66.5 Å². The Labute approximate surface area is 212 Å². The number of nitrogens with zero attached hydrogens (tertiary/aromatic N) is 1. The van der Waals surface area contributed by atoms with Crippen LogP contribution in [0.25, 0.3) is 0 Å². The summed E-state index contributed by atoms with van der Waals surface area (Å²) in [5, 5.41) is 2.80. The molecule has 1 amide bonds. The number of halogens is 2. The Morgan fingerprint density at radius 2 is 1.79 bits per heavy atom. The molecule has 0 bridgehead atoms. The molecule has 0 fully saturated rings. The van der Waals surface area contributed by atoms with Crippen molar-refractivity contribution in [1.29, 1.82) is 0 Å². The summed E-state index contributed by atoms with van der Waals surface area (Å²) in [4.78, 5) is 12.8. The number of hydrogen-bond donors (Lipinski definition) is 1. The van der Waals surface area contributed by atoms with Gasteiger partial charge < -0.3 is 5.32 Å². The van der Waals surface area contributed by atoms with Crippen LogP contribution in [0.2, 0.25) is 0 Å². The maximum atomic E-state index is 13.7. The molecule has 0 aromatic heterocycles. The van der Waals surface area contributed by atoms with E-state index in [-0.39, 0.29) is 17.3 Å². The van der Waals surface area contributed by atoms with Gasteiger partial charge in [0.1, 0.15) is 12.4 Å². The third-order valence-corrected chi connectivity index (χ3v) is 8.37. The molecule has 0 aliphatic heterocycles. The van der Waals surface area contributed by atoms with Crippen molar-refractivity contribution in [2.24, 2.45) is 0 Å². The van der Waals surface area contributed by atoms with E-state index in [1.165, 1.54) is 6.07 Å². The highest BCUT2D eigenvalue weighted by atomic mass is 79.9. The first-order valence-corrected chi connectivity index (χ1v) is 14.1. The van der Waals surface area contributed by atoms with Crippen LogP contribution in [0.15, 0.2) is 82.2 Å². The van der Waals surface area contributed by atoms with Crippen molar-refractivity contribution in [3.05, 3.63) is 94.2 Å². The molecule has 9 heteroatoms. The van der Waals surface area contributed by atoms with Crippen molar-refractivity contribution >= 4 is 49.3 Å². The predicted molar refractivity (Wildman–Crippen MR) is 140 cm³/mol. The van der Waals surface area contributed by atoms with Gasteiger partial charge in [0.25, 0.3) is 10.0 Å². The fourth-order valence-corrected chi connectivity index (χ4v) is 5.92. The van der Waals surface area contributed by atoms with Gasteiger partial charge in [-0.2, -0.15) is 11.8 Å². The van der Waals surface area contributed by atoms with E-state index in [2.05, 4.69) is 21.2 Å². The number of aryl methyl sites for hydroxylation is 1. The van der Waals surface area contributed by atoms with Crippen LogP contribution < -0.4 is 9.62 Å². The number of nitrogens with one attached hydrogen (secondary N) is 1. The summed E-state index contributed by atoms with van der Waals surface area (Å²) in [5.74, 6) is 0.693. The standard InChI is InChI=1S/C25H26BrFN2O3S2/c1-19-10-12-23(13-11-19)34(31,32)29(22-8-4-7-21(26)16-22)17-25(30)28-14-5-15-33-18-20-6-2-3-9-24(20)27/h2-4,6-13,16H,5,14-15,17-18H2,1H3,(H,28,30). The lowest BCUT2D eigenvalue weighted by Crippen LogP contribution is -2.41. The van der Waals surface area contributed by atoms with Crippen molar-refractivity contribution in [3.63, 3.8) is 0 Å². The SMILES string of the molecule is Cc1ccc(S(=O)(=O)N(CC(=O)NCCCSCc2ccccc2F)c2cccc(Br)c2)cc1. The molecule has 0 saturated carbocycles. The van der Waals surface area contributed by atoms with Crippen LogP contribution in [0.5, 0.6) is 0 Å². The summed E-state index contributed by atoms with van der Waals surface area (Å²) in [6.45, 7) is 1.94. The minimum absolute atomic E-state index is 0.121. The number of hydrogen-bond acceptors (Lipinski definition) is 4. The van der Waals surface area contributed by atoms with Crippen molar-refractivity contribution in [1.82, 2.24) is 5.32 Å². The number of anilines is 1. The molecule has 3 rings (SSSR count). The molecule has 0 atom stereocenters. The highest BCUT2D eigenvalue weighted by Crippen LogP contribution is 2.26. The highest BCUT2D eigenvalue weighted by molar-refractivity contribution is 9.10. The van der Waals surface area contributed by atoms with Crippen LogP contribution in [-0.2, 0) is 20.6 Å². The molecule has 0 radical (unpaired) electrons. The average molecular weight is 566 g/mol. The summed E-state index contributed by atoms with van der Waals surface area (Å²) < 4.78 is 42.2. The van der Waals surface area contributed by atoms with Gasteiger partial charge in [0, 0.05) is 16.8 Å². The summed E-state index contributed by atoms with van der Waals surface area (Å²) in [7, 11) is -3.94. The first kappa shape index (κ1) is 26.2. The number of amides is 1. The van der Waals surface area contributed by atoms with E-state index in [0.717, 1.165) is 15.6 Å². The zero-order valence-corrected chi connectivity index (χ0v) is 21.9. The maximum absolute atomic E-state index is 13.7. The van der Waals surface area contributed by atoms with Gasteiger partial charge in [-0.3, -0.25) is 9.10 Å².